The molecule has 0 aliphatic rings. The summed E-state index contributed by atoms with van der Waals surface area (Å²) < 4.78 is 2.69. The first-order valence-electron chi connectivity index (χ1n) is 5.86. The highest BCUT2D eigenvalue weighted by Gasteiger charge is 2.14. The van der Waals surface area contributed by atoms with Gasteiger partial charge in [-0.25, -0.2) is 4.98 Å². The van der Waals surface area contributed by atoms with Crippen LogP contribution in [0.4, 0.5) is 5.95 Å². The second kappa shape index (κ2) is 5.73. The Labute approximate surface area is 131 Å². The average molecular weight is 363 g/mol. The van der Waals surface area contributed by atoms with Crippen LogP contribution in [0, 0.1) is 6.92 Å². The molecule has 6 heteroatoms. The maximum absolute atomic E-state index is 6.31. The Morgan fingerprint density at radius 3 is 2.58 bits per heavy atom. The van der Waals surface area contributed by atoms with Crippen molar-refractivity contribution in [2.75, 3.05) is 5.32 Å². The lowest BCUT2D eigenvalue weighted by atomic mass is 10.3. The van der Waals surface area contributed by atoms with Gasteiger partial charge in [-0.1, -0.05) is 23.2 Å². The molecule has 0 bridgehead atoms. The standard InChI is InChI=1S/C13H14BrCl2N3/c1-7(2)17-13-18-8(3)6-19(13)10-5-4-9(14)11(15)12(10)16/h4-7H,1-3H3,(H,17,18). The summed E-state index contributed by atoms with van der Waals surface area (Å²) in [5.41, 5.74) is 1.72. The van der Waals surface area contributed by atoms with Crippen molar-refractivity contribution in [3.05, 3.63) is 38.5 Å². The number of anilines is 1. The third-order valence-electron chi connectivity index (χ3n) is 2.52. The van der Waals surface area contributed by atoms with Gasteiger partial charge in [-0.15, -0.1) is 0 Å². The van der Waals surface area contributed by atoms with E-state index >= 15 is 0 Å². The maximum atomic E-state index is 6.31. The molecule has 0 aliphatic carbocycles. The first-order valence-corrected chi connectivity index (χ1v) is 7.41. The van der Waals surface area contributed by atoms with Crippen LogP contribution in [-0.4, -0.2) is 15.6 Å². The molecular formula is C13H14BrCl2N3. The molecule has 102 valence electrons. The van der Waals surface area contributed by atoms with Crippen LogP contribution in [0.1, 0.15) is 19.5 Å². The minimum absolute atomic E-state index is 0.283. The van der Waals surface area contributed by atoms with E-state index in [4.69, 9.17) is 23.2 Å². The Balaban J connectivity index is 2.56. The molecule has 3 nitrogen and oxygen atoms in total. The summed E-state index contributed by atoms with van der Waals surface area (Å²) in [4.78, 5) is 4.46. The fraction of sp³-hybridized carbons (Fsp3) is 0.308. The van der Waals surface area contributed by atoms with Gasteiger partial charge in [0.2, 0.25) is 5.95 Å². The quantitative estimate of drug-likeness (QED) is 0.772. The van der Waals surface area contributed by atoms with Gasteiger partial charge in [0.05, 0.1) is 21.4 Å². The molecule has 0 saturated carbocycles. The Morgan fingerprint density at radius 1 is 1.26 bits per heavy atom. The smallest absolute Gasteiger partial charge is 0.207 e. The van der Waals surface area contributed by atoms with E-state index in [2.05, 4.69) is 40.1 Å². The summed E-state index contributed by atoms with van der Waals surface area (Å²) in [5.74, 6) is 0.757. The number of nitrogens with one attached hydrogen (secondary N) is 1. The molecule has 2 aromatic rings. The summed E-state index contributed by atoms with van der Waals surface area (Å²) in [7, 11) is 0. The van der Waals surface area contributed by atoms with Crippen LogP contribution in [0.2, 0.25) is 10.0 Å². The molecule has 1 aromatic carbocycles. The third-order valence-corrected chi connectivity index (χ3v) is 4.28. The Bertz CT molecular complexity index is 608. The van der Waals surface area contributed by atoms with Gasteiger partial charge in [0.1, 0.15) is 0 Å². The lowest BCUT2D eigenvalue weighted by Crippen LogP contribution is -2.14. The van der Waals surface area contributed by atoms with Crippen LogP contribution in [0.15, 0.2) is 22.8 Å². The first kappa shape index (κ1) is 14.7. The van der Waals surface area contributed by atoms with E-state index in [-0.39, 0.29) is 6.04 Å². The fourth-order valence-corrected chi connectivity index (χ4v) is 2.60. The Morgan fingerprint density at radius 2 is 1.95 bits per heavy atom. The van der Waals surface area contributed by atoms with Crippen molar-refractivity contribution in [2.45, 2.75) is 26.8 Å². The van der Waals surface area contributed by atoms with Crippen molar-refractivity contribution in [1.29, 1.82) is 0 Å². The van der Waals surface area contributed by atoms with Crippen molar-refractivity contribution in [1.82, 2.24) is 9.55 Å². The summed E-state index contributed by atoms with van der Waals surface area (Å²) in [5, 5.41) is 4.29. The van der Waals surface area contributed by atoms with E-state index < -0.39 is 0 Å². The average Bonchev–Trinajstić information content (AvgIpc) is 2.66. The van der Waals surface area contributed by atoms with Crippen LogP contribution < -0.4 is 5.32 Å². The SMILES string of the molecule is Cc1cn(-c2ccc(Br)c(Cl)c2Cl)c(NC(C)C)n1. The van der Waals surface area contributed by atoms with Gasteiger partial charge in [0.25, 0.3) is 0 Å². The van der Waals surface area contributed by atoms with E-state index in [1.54, 1.807) is 0 Å². The molecule has 1 N–H and O–H groups in total. The zero-order chi connectivity index (χ0) is 14.2. The fourth-order valence-electron chi connectivity index (χ4n) is 1.74. The van der Waals surface area contributed by atoms with Gasteiger partial charge in [0, 0.05) is 16.7 Å². The molecule has 0 saturated heterocycles. The van der Waals surface area contributed by atoms with Crippen LogP contribution >= 0.6 is 39.1 Å². The van der Waals surface area contributed by atoms with Gasteiger partial charge in [-0.2, -0.15) is 0 Å². The topological polar surface area (TPSA) is 29.9 Å². The minimum atomic E-state index is 0.283. The second-order valence-electron chi connectivity index (χ2n) is 4.57. The van der Waals surface area contributed by atoms with Crippen molar-refractivity contribution in [3.63, 3.8) is 0 Å². The number of hydrogen-bond donors (Lipinski definition) is 1. The van der Waals surface area contributed by atoms with Gasteiger partial charge in [0.15, 0.2) is 0 Å². The van der Waals surface area contributed by atoms with Crippen LogP contribution in [0.5, 0.6) is 0 Å². The largest absolute Gasteiger partial charge is 0.353 e. The van der Waals surface area contributed by atoms with E-state index in [1.165, 1.54) is 0 Å². The molecule has 1 heterocycles. The summed E-state index contributed by atoms with van der Waals surface area (Å²) in [6.45, 7) is 6.06. The predicted octanol–water partition coefficient (Wildman–Crippen LogP) is 5.07. The summed E-state index contributed by atoms with van der Waals surface area (Å²) in [6.07, 6.45) is 1.93. The monoisotopic (exact) mass is 361 g/mol. The molecule has 0 radical (unpaired) electrons. The van der Waals surface area contributed by atoms with E-state index in [0.29, 0.717) is 10.0 Å². The molecule has 19 heavy (non-hydrogen) atoms. The van der Waals surface area contributed by atoms with Gasteiger partial charge in [-0.3, -0.25) is 4.57 Å². The summed E-state index contributed by atoms with van der Waals surface area (Å²) >= 11 is 15.8. The number of aromatic nitrogens is 2. The lowest BCUT2D eigenvalue weighted by molar-refractivity contribution is 0.864. The number of benzene rings is 1. The third kappa shape index (κ3) is 3.07. The van der Waals surface area contributed by atoms with Gasteiger partial charge in [-0.05, 0) is 48.8 Å². The molecule has 2 rings (SSSR count). The van der Waals surface area contributed by atoms with Crippen LogP contribution in [0.25, 0.3) is 5.69 Å². The molecule has 0 amide bonds. The number of halogens is 3. The van der Waals surface area contributed by atoms with Crippen molar-refractivity contribution in [3.8, 4) is 5.69 Å². The molecular weight excluding hydrogens is 349 g/mol. The van der Waals surface area contributed by atoms with E-state index in [1.807, 2.05) is 29.8 Å². The van der Waals surface area contributed by atoms with Crippen molar-refractivity contribution >= 4 is 45.1 Å². The molecule has 0 fully saturated rings. The number of hydrogen-bond acceptors (Lipinski definition) is 2. The number of aryl methyl sites for hydroxylation is 1. The maximum Gasteiger partial charge on any atom is 0.207 e. The predicted molar refractivity (Wildman–Crippen MR) is 84.8 cm³/mol. The molecule has 0 unspecified atom stereocenters. The zero-order valence-corrected chi connectivity index (χ0v) is 13.9. The lowest BCUT2D eigenvalue weighted by Gasteiger charge is -2.14. The second-order valence-corrected chi connectivity index (χ2v) is 6.18. The Kier molecular flexibility index (Phi) is 4.43. The molecule has 0 spiro atoms. The van der Waals surface area contributed by atoms with E-state index in [9.17, 15) is 0 Å². The highest BCUT2D eigenvalue weighted by molar-refractivity contribution is 9.10. The van der Waals surface area contributed by atoms with Gasteiger partial charge < -0.3 is 5.32 Å². The summed E-state index contributed by atoms with van der Waals surface area (Å²) in [6, 6.07) is 4.06. The Hall–Kier alpha value is -0.710. The normalized spacial score (nSPS) is 11.1. The first-order chi connectivity index (χ1) is 8.90. The zero-order valence-electron chi connectivity index (χ0n) is 10.8. The number of imidazole rings is 1. The minimum Gasteiger partial charge on any atom is -0.353 e. The number of nitrogens with zero attached hydrogens (tertiary/aromatic N) is 2. The highest BCUT2D eigenvalue weighted by atomic mass is 79.9. The highest BCUT2D eigenvalue weighted by Crippen LogP contribution is 2.36. The molecule has 0 aliphatic heterocycles. The molecule has 1 aromatic heterocycles. The van der Waals surface area contributed by atoms with Crippen LogP contribution in [0.3, 0.4) is 0 Å². The number of rotatable bonds is 3. The van der Waals surface area contributed by atoms with Crippen molar-refractivity contribution in [2.24, 2.45) is 0 Å². The van der Waals surface area contributed by atoms with E-state index in [0.717, 1.165) is 21.8 Å². The molecule has 0 atom stereocenters. The van der Waals surface area contributed by atoms with Crippen LogP contribution in [-0.2, 0) is 0 Å². The van der Waals surface area contributed by atoms with Gasteiger partial charge >= 0.3 is 0 Å². The van der Waals surface area contributed by atoms with Crippen molar-refractivity contribution < 1.29 is 0 Å².